The lowest BCUT2D eigenvalue weighted by molar-refractivity contribution is 0.0695. The van der Waals surface area contributed by atoms with Crippen molar-refractivity contribution in [2.75, 3.05) is 18.0 Å². The standard InChI is InChI=1S/C20H17F3N4O3/c1-9-15-17(28)12(20(29)30)8-27(14-3-2-10(21)6-13(14)22)18(15)25-19(16(9)23)26-5-4-11(24)7-26/h2-3,6,8,11H,4-5,7,24H2,1H3,(H,29,30)/t11-/m0/s1. The molecule has 4 rings (SSSR count). The second-order valence-corrected chi connectivity index (χ2v) is 7.21. The molecule has 0 radical (unpaired) electrons. The molecule has 3 aromatic rings. The van der Waals surface area contributed by atoms with Gasteiger partial charge in [-0.15, -0.1) is 0 Å². The highest BCUT2D eigenvalue weighted by Crippen LogP contribution is 2.29. The molecule has 1 atom stereocenters. The number of aromatic nitrogens is 2. The van der Waals surface area contributed by atoms with E-state index in [-0.39, 0.29) is 34.1 Å². The zero-order valence-electron chi connectivity index (χ0n) is 15.8. The molecule has 0 aliphatic carbocycles. The Morgan fingerprint density at radius 3 is 2.63 bits per heavy atom. The van der Waals surface area contributed by atoms with Crippen LogP contribution >= 0.6 is 0 Å². The normalized spacial score (nSPS) is 16.4. The maximum Gasteiger partial charge on any atom is 0.341 e. The Balaban J connectivity index is 2.11. The number of nitrogens with two attached hydrogens (primary N) is 1. The number of pyridine rings is 2. The van der Waals surface area contributed by atoms with Gasteiger partial charge in [-0.25, -0.2) is 22.9 Å². The SMILES string of the molecule is Cc1c(F)c(N2CC[C@H](N)C2)nc2c1c(=O)c(C(=O)O)cn2-c1ccc(F)cc1F. The quantitative estimate of drug-likeness (QED) is 0.677. The van der Waals surface area contributed by atoms with Gasteiger partial charge < -0.3 is 15.7 Å². The minimum absolute atomic E-state index is 0.0632. The number of aromatic carboxylic acids is 1. The summed E-state index contributed by atoms with van der Waals surface area (Å²) in [5.41, 5.74) is 3.79. The Morgan fingerprint density at radius 1 is 1.30 bits per heavy atom. The fourth-order valence-electron chi connectivity index (χ4n) is 3.68. The predicted octanol–water partition coefficient (Wildman–Crippen LogP) is 2.35. The van der Waals surface area contributed by atoms with Crippen LogP contribution in [0.2, 0.25) is 0 Å². The van der Waals surface area contributed by atoms with Crippen molar-refractivity contribution in [1.82, 2.24) is 9.55 Å². The topological polar surface area (TPSA) is 101 Å². The van der Waals surface area contributed by atoms with Crippen LogP contribution < -0.4 is 16.1 Å². The Bertz CT molecular complexity index is 1260. The molecule has 1 aliphatic heterocycles. The Morgan fingerprint density at radius 2 is 2.03 bits per heavy atom. The average molecular weight is 418 g/mol. The van der Waals surface area contributed by atoms with Gasteiger partial charge in [0.15, 0.2) is 17.3 Å². The van der Waals surface area contributed by atoms with Gasteiger partial charge in [0.05, 0.1) is 11.1 Å². The van der Waals surface area contributed by atoms with Crippen molar-refractivity contribution in [1.29, 1.82) is 0 Å². The number of carbonyl (C=O) groups is 1. The summed E-state index contributed by atoms with van der Waals surface area (Å²) in [5, 5.41) is 9.13. The molecule has 0 amide bonds. The molecule has 30 heavy (non-hydrogen) atoms. The lowest BCUT2D eigenvalue weighted by Crippen LogP contribution is -2.29. The first-order valence-electron chi connectivity index (χ1n) is 9.13. The molecular weight excluding hydrogens is 401 g/mol. The number of anilines is 1. The molecule has 3 heterocycles. The molecule has 7 nitrogen and oxygen atoms in total. The maximum atomic E-state index is 15.1. The number of fused-ring (bicyclic) bond motifs is 1. The molecule has 1 fully saturated rings. The van der Waals surface area contributed by atoms with E-state index >= 15 is 4.39 Å². The molecule has 0 spiro atoms. The fraction of sp³-hybridized carbons (Fsp3) is 0.250. The van der Waals surface area contributed by atoms with Crippen molar-refractivity contribution in [2.24, 2.45) is 5.73 Å². The van der Waals surface area contributed by atoms with E-state index < -0.39 is 34.4 Å². The van der Waals surface area contributed by atoms with Gasteiger partial charge in [0.25, 0.3) is 0 Å². The minimum atomic E-state index is -1.56. The zero-order chi connectivity index (χ0) is 21.7. The summed E-state index contributed by atoms with van der Waals surface area (Å²) in [4.78, 5) is 30.2. The highest BCUT2D eigenvalue weighted by Gasteiger charge is 2.28. The molecule has 1 aromatic carbocycles. The van der Waals surface area contributed by atoms with Crippen LogP contribution in [0.15, 0.2) is 29.2 Å². The number of nitrogens with zero attached hydrogens (tertiary/aromatic N) is 3. The molecule has 3 N–H and O–H groups in total. The molecule has 156 valence electrons. The molecule has 0 unspecified atom stereocenters. The summed E-state index contributed by atoms with van der Waals surface area (Å²) in [6.07, 6.45) is 1.53. The van der Waals surface area contributed by atoms with Gasteiger partial charge in [0.2, 0.25) is 5.43 Å². The van der Waals surface area contributed by atoms with Crippen molar-refractivity contribution >= 4 is 22.8 Å². The number of hydrogen-bond donors (Lipinski definition) is 2. The zero-order valence-corrected chi connectivity index (χ0v) is 15.8. The van der Waals surface area contributed by atoms with Gasteiger partial charge in [-0.1, -0.05) is 0 Å². The molecule has 1 aliphatic rings. The van der Waals surface area contributed by atoms with E-state index in [9.17, 15) is 23.5 Å². The summed E-state index contributed by atoms with van der Waals surface area (Å²) < 4.78 is 44.1. The molecule has 2 aromatic heterocycles. The van der Waals surface area contributed by atoms with Crippen molar-refractivity contribution in [2.45, 2.75) is 19.4 Å². The summed E-state index contributed by atoms with van der Waals surface area (Å²) >= 11 is 0. The third-order valence-corrected chi connectivity index (χ3v) is 5.22. The number of hydrogen-bond acceptors (Lipinski definition) is 5. The molecule has 1 saturated heterocycles. The van der Waals surface area contributed by atoms with E-state index in [1.807, 2.05) is 0 Å². The average Bonchev–Trinajstić information content (AvgIpc) is 3.11. The van der Waals surface area contributed by atoms with Gasteiger partial charge in [-0.3, -0.25) is 9.36 Å². The lowest BCUT2D eigenvalue weighted by Gasteiger charge is -2.21. The van der Waals surface area contributed by atoms with Crippen LogP contribution in [0.3, 0.4) is 0 Å². The summed E-state index contributed by atoms with van der Waals surface area (Å²) in [7, 11) is 0. The van der Waals surface area contributed by atoms with E-state index in [1.54, 1.807) is 4.90 Å². The van der Waals surface area contributed by atoms with Gasteiger partial charge in [-0.05, 0) is 25.5 Å². The van der Waals surface area contributed by atoms with Crippen LogP contribution in [0.1, 0.15) is 22.3 Å². The highest BCUT2D eigenvalue weighted by molar-refractivity contribution is 5.93. The van der Waals surface area contributed by atoms with Crippen molar-refractivity contribution in [3.05, 3.63) is 63.2 Å². The number of halogens is 3. The molecule has 10 heteroatoms. The number of rotatable bonds is 3. The second kappa shape index (κ2) is 7.13. The third-order valence-electron chi connectivity index (χ3n) is 5.22. The maximum absolute atomic E-state index is 15.1. The smallest absolute Gasteiger partial charge is 0.341 e. The van der Waals surface area contributed by atoms with E-state index in [0.29, 0.717) is 25.6 Å². The van der Waals surface area contributed by atoms with Gasteiger partial charge >= 0.3 is 5.97 Å². The monoisotopic (exact) mass is 418 g/mol. The van der Waals surface area contributed by atoms with E-state index in [4.69, 9.17) is 5.73 Å². The van der Waals surface area contributed by atoms with Crippen LogP contribution in [0.25, 0.3) is 16.7 Å². The summed E-state index contributed by atoms with van der Waals surface area (Å²) in [5.74, 6) is -4.23. The first-order valence-corrected chi connectivity index (χ1v) is 9.13. The van der Waals surface area contributed by atoms with Crippen LogP contribution in [0.5, 0.6) is 0 Å². The number of benzene rings is 1. The first-order chi connectivity index (χ1) is 14.2. The van der Waals surface area contributed by atoms with Crippen LogP contribution in [-0.4, -0.2) is 39.8 Å². The predicted molar refractivity (Wildman–Crippen MR) is 104 cm³/mol. The number of carboxylic acid groups (broad SMARTS) is 1. The molecule has 0 bridgehead atoms. The number of carboxylic acids is 1. The van der Waals surface area contributed by atoms with Crippen molar-refractivity contribution in [3.63, 3.8) is 0 Å². The Hall–Kier alpha value is -3.40. The first kappa shape index (κ1) is 19.9. The summed E-state index contributed by atoms with van der Waals surface area (Å²) in [6.45, 7) is 2.12. The summed E-state index contributed by atoms with van der Waals surface area (Å²) in [6, 6.07) is 2.52. The van der Waals surface area contributed by atoms with Crippen LogP contribution in [0.4, 0.5) is 19.0 Å². The molecular formula is C20H17F3N4O3. The Labute approximate surface area is 168 Å². The van der Waals surface area contributed by atoms with E-state index in [0.717, 1.165) is 22.9 Å². The lowest BCUT2D eigenvalue weighted by atomic mass is 10.1. The largest absolute Gasteiger partial charge is 0.477 e. The minimum Gasteiger partial charge on any atom is -0.477 e. The van der Waals surface area contributed by atoms with E-state index in [2.05, 4.69) is 4.98 Å². The molecule has 0 saturated carbocycles. The van der Waals surface area contributed by atoms with Crippen molar-refractivity contribution < 1.29 is 23.1 Å². The van der Waals surface area contributed by atoms with E-state index in [1.165, 1.54) is 6.92 Å². The van der Waals surface area contributed by atoms with Gasteiger partial charge in [0, 0.05) is 37.0 Å². The van der Waals surface area contributed by atoms with Crippen molar-refractivity contribution in [3.8, 4) is 5.69 Å². The Kier molecular flexibility index (Phi) is 4.73. The third kappa shape index (κ3) is 3.09. The number of aryl methyl sites for hydroxylation is 1. The van der Waals surface area contributed by atoms with Gasteiger partial charge in [0.1, 0.15) is 17.2 Å². The fourth-order valence-corrected chi connectivity index (χ4v) is 3.68. The van der Waals surface area contributed by atoms with Crippen LogP contribution in [-0.2, 0) is 0 Å². The van der Waals surface area contributed by atoms with Crippen LogP contribution in [0, 0.1) is 24.4 Å². The van der Waals surface area contributed by atoms with Gasteiger partial charge in [-0.2, -0.15) is 0 Å². The second-order valence-electron chi connectivity index (χ2n) is 7.21. The highest BCUT2D eigenvalue weighted by atomic mass is 19.1.